The summed E-state index contributed by atoms with van der Waals surface area (Å²) in [6.45, 7) is 3.15. The molecule has 108 valence electrons. The van der Waals surface area contributed by atoms with Crippen LogP contribution in [0.2, 0.25) is 0 Å². The molecular weight excluding hydrogens is 254 g/mol. The second-order valence-corrected chi connectivity index (χ2v) is 6.04. The van der Waals surface area contributed by atoms with Gasteiger partial charge in [0.2, 0.25) is 0 Å². The van der Waals surface area contributed by atoms with Gasteiger partial charge < -0.3 is 14.7 Å². The zero-order valence-electron chi connectivity index (χ0n) is 11.8. The van der Waals surface area contributed by atoms with Crippen LogP contribution >= 0.6 is 0 Å². The smallest absolute Gasteiger partial charge is 0.260 e. The molecule has 4 heteroatoms. The van der Waals surface area contributed by atoms with E-state index in [-0.39, 0.29) is 18.4 Å². The normalized spacial score (nSPS) is 29.5. The Hall–Kier alpha value is -1.55. The van der Waals surface area contributed by atoms with Gasteiger partial charge >= 0.3 is 0 Å². The van der Waals surface area contributed by atoms with Gasteiger partial charge in [-0.15, -0.1) is 0 Å². The van der Waals surface area contributed by atoms with Gasteiger partial charge in [-0.25, -0.2) is 0 Å². The largest absolute Gasteiger partial charge is 0.484 e. The summed E-state index contributed by atoms with van der Waals surface area (Å²) in [6.07, 6.45) is 2.17. The van der Waals surface area contributed by atoms with E-state index in [9.17, 15) is 9.90 Å². The number of carbonyl (C=O) groups excluding carboxylic acids is 1. The van der Waals surface area contributed by atoms with Gasteiger partial charge in [0.15, 0.2) is 6.61 Å². The molecule has 1 aliphatic carbocycles. The van der Waals surface area contributed by atoms with Crippen molar-refractivity contribution in [1.82, 2.24) is 4.90 Å². The Morgan fingerprint density at radius 2 is 2.10 bits per heavy atom. The van der Waals surface area contributed by atoms with Crippen LogP contribution in [-0.4, -0.2) is 41.2 Å². The predicted molar refractivity (Wildman–Crippen MR) is 75.4 cm³/mol. The summed E-state index contributed by atoms with van der Waals surface area (Å²) in [5.74, 6) is 1.18. The Morgan fingerprint density at radius 3 is 2.75 bits per heavy atom. The van der Waals surface area contributed by atoms with E-state index >= 15 is 0 Å². The fraction of sp³-hybridized carbons (Fsp3) is 0.562. The van der Waals surface area contributed by atoms with Crippen LogP contribution in [0.25, 0.3) is 0 Å². The molecule has 2 atom stereocenters. The van der Waals surface area contributed by atoms with E-state index in [0.717, 1.165) is 12.8 Å². The number of para-hydroxylation sites is 1. The van der Waals surface area contributed by atoms with Crippen LogP contribution in [0.15, 0.2) is 30.3 Å². The van der Waals surface area contributed by atoms with Crippen LogP contribution in [0.4, 0.5) is 0 Å². The predicted octanol–water partition coefficient (Wildman–Crippen LogP) is 1.68. The van der Waals surface area contributed by atoms with Crippen molar-refractivity contribution >= 4 is 5.91 Å². The molecule has 0 radical (unpaired) electrons. The number of benzene rings is 1. The van der Waals surface area contributed by atoms with E-state index < -0.39 is 5.60 Å². The van der Waals surface area contributed by atoms with Crippen LogP contribution < -0.4 is 4.74 Å². The Bertz CT molecular complexity index is 486. The Morgan fingerprint density at radius 1 is 1.40 bits per heavy atom. The molecule has 1 aromatic rings. The molecule has 3 rings (SSSR count). The molecule has 1 saturated heterocycles. The molecule has 20 heavy (non-hydrogen) atoms. The van der Waals surface area contributed by atoms with Crippen LogP contribution in [0.3, 0.4) is 0 Å². The lowest BCUT2D eigenvalue weighted by Crippen LogP contribution is -2.41. The van der Waals surface area contributed by atoms with Gasteiger partial charge in [-0.05, 0) is 30.9 Å². The maximum atomic E-state index is 12.2. The first-order chi connectivity index (χ1) is 9.59. The van der Waals surface area contributed by atoms with Gasteiger partial charge in [0, 0.05) is 12.5 Å². The van der Waals surface area contributed by atoms with E-state index in [1.807, 2.05) is 37.3 Å². The number of nitrogens with zero attached hydrogens (tertiary/aromatic N) is 1. The first kappa shape index (κ1) is 13.4. The second kappa shape index (κ2) is 5.09. The summed E-state index contributed by atoms with van der Waals surface area (Å²) in [4.78, 5) is 13.9. The third-order valence-corrected chi connectivity index (χ3v) is 4.53. The molecule has 1 saturated carbocycles. The van der Waals surface area contributed by atoms with Crippen molar-refractivity contribution < 1.29 is 14.6 Å². The molecule has 0 spiro atoms. The lowest BCUT2D eigenvalue weighted by atomic mass is 9.88. The number of hydrogen-bond donors (Lipinski definition) is 1. The van der Waals surface area contributed by atoms with Gasteiger partial charge in [0.1, 0.15) is 5.75 Å². The zero-order chi connectivity index (χ0) is 14.2. The first-order valence-corrected chi connectivity index (χ1v) is 7.27. The van der Waals surface area contributed by atoms with Crippen LogP contribution in [0.5, 0.6) is 5.75 Å². The number of amides is 1. The number of rotatable bonds is 4. The minimum absolute atomic E-state index is 0.0392. The lowest BCUT2D eigenvalue weighted by Gasteiger charge is -2.26. The van der Waals surface area contributed by atoms with E-state index in [1.54, 1.807) is 4.90 Å². The molecule has 4 nitrogen and oxygen atoms in total. The molecule has 1 aromatic carbocycles. The molecule has 0 bridgehead atoms. The summed E-state index contributed by atoms with van der Waals surface area (Å²) >= 11 is 0. The Balaban J connectivity index is 1.56. The second-order valence-electron chi connectivity index (χ2n) is 6.04. The number of aliphatic hydroxyl groups is 1. The van der Waals surface area contributed by atoms with Gasteiger partial charge in [-0.2, -0.15) is 0 Å². The SMILES string of the molecule is C[C@@H]1CN(C(=O)COc2ccccc2)C[C@@]1(O)C1CC1. The summed E-state index contributed by atoms with van der Waals surface area (Å²) in [6, 6.07) is 9.33. The summed E-state index contributed by atoms with van der Waals surface area (Å²) in [7, 11) is 0. The number of hydrogen-bond acceptors (Lipinski definition) is 3. The minimum Gasteiger partial charge on any atom is -0.484 e. The number of likely N-dealkylation sites (tertiary alicyclic amines) is 1. The van der Waals surface area contributed by atoms with Crippen LogP contribution in [-0.2, 0) is 4.79 Å². The molecule has 1 amide bonds. The number of carbonyl (C=O) groups is 1. The van der Waals surface area contributed by atoms with Gasteiger partial charge in [0.25, 0.3) is 5.91 Å². The van der Waals surface area contributed by atoms with Gasteiger partial charge in [0.05, 0.1) is 12.1 Å². The monoisotopic (exact) mass is 275 g/mol. The van der Waals surface area contributed by atoms with Crippen molar-refractivity contribution in [1.29, 1.82) is 0 Å². The third kappa shape index (κ3) is 2.52. The van der Waals surface area contributed by atoms with Gasteiger partial charge in [-0.3, -0.25) is 4.79 Å². The standard InChI is InChI=1S/C16H21NO3/c1-12-9-17(11-16(12,19)13-7-8-13)15(18)10-20-14-5-3-2-4-6-14/h2-6,12-13,19H,7-11H2,1H3/t12-,16+/m1/s1. The Labute approximate surface area is 119 Å². The fourth-order valence-corrected chi connectivity index (χ4v) is 3.07. The minimum atomic E-state index is -0.678. The molecule has 1 heterocycles. The van der Waals surface area contributed by atoms with Crippen molar-refractivity contribution in [3.8, 4) is 5.75 Å². The highest BCUT2D eigenvalue weighted by Crippen LogP contribution is 2.46. The van der Waals surface area contributed by atoms with E-state index in [4.69, 9.17) is 4.74 Å². The highest BCUT2D eigenvalue weighted by atomic mass is 16.5. The summed E-state index contributed by atoms with van der Waals surface area (Å²) in [5, 5.41) is 10.7. The zero-order valence-corrected chi connectivity index (χ0v) is 11.8. The maximum Gasteiger partial charge on any atom is 0.260 e. The average Bonchev–Trinajstić information content (AvgIpc) is 3.26. The van der Waals surface area contributed by atoms with Gasteiger partial charge in [-0.1, -0.05) is 25.1 Å². The van der Waals surface area contributed by atoms with Crippen LogP contribution in [0.1, 0.15) is 19.8 Å². The van der Waals surface area contributed by atoms with Crippen molar-refractivity contribution in [3.63, 3.8) is 0 Å². The third-order valence-electron chi connectivity index (χ3n) is 4.53. The molecule has 1 aliphatic heterocycles. The molecule has 1 N–H and O–H groups in total. The molecule has 2 aliphatic rings. The number of ether oxygens (including phenoxy) is 1. The van der Waals surface area contributed by atoms with E-state index in [2.05, 4.69) is 0 Å². The molecule has 0 aromatic heterocycles. The molecule has 2 fully saturated rings. The van der Waals surface area contributed by atoms with Crippen molar-refractivity contribution in [3.05, 3.63) is 30.3 Å². The quantitative estimate of drug-likeness (QED) is 0.909. The van der Waals surface area contributed by atoms with Crippen molar-refractivity contribution in [2.24, 2.45) is 11.8 Å². The summed E-state index contributed by atoms with van der Waals surface area (Å²) in [5.41, 5.74) is -0.678. The molecular formula is C16H21NO3. The fourth-order valence-electron chi connectivity index (χ4n) is 3.07. The van der Waals surface area contributed by atoms with E-state index in [0.29, 0.717) is 24.8 Å². The highest BCUT2D eigenvalue weighted by molar-refractivity contribution is 5.78. The maximum absolute atomic E-state index is 12.2. The topological polar surface area (TPSA) is 49.8 Å². The molecule has 0 unspecified atom stereocenters. The van der Waals surface area contributed by atoms with E-state index in [1.165, 1.54) is 0 Å². The van der Waals surface area contributed by atoms with Crippen molar-refractivity contribution in [2.75, 3.05) is 19.7 Å². The van der Waals surface area contributed by atoms with Crippen molar-refractivity contribution in [2.45, 2.75) is 25.4 Å². The highest BCUT2D eigenvalue weighted by Gasteiger charge is 2.53. The van der Waals surface area contributed by atoms with Crippen LogP contribution in [0, 0.1) is 11.8 Å². The Kier molecular flexibility index (Phi) is 3.42. The number of β-amino-alcohol motifs (C(OH)–C–C–N with tert-alkyl or cyclic N) is 1. The summed E-state index contributed by atoms with van der Waals surface area (Å²) < 4.78 is 5.49. The first-order valence-electron chi connectivity index (χ1n) is 7.27. The lowest BCUT2D eigenvalue weighted by molar-refractivity contribution is -0.133. The average molecular weight is 275 g/mol.